The Bertz CT molecular complexity index is 77.0. The smallest absolute Gasteiger partial charge is 0.0209 e. The van der Waals surface area contributed by atoms with Gasteiger partial charge in [0.1, 0.15) is 0 Å². The summed E-state index contributed by atoms with van der Waals surface area (Å²) in [5, 5.41) is 6.72. The molecule has 0 amide bonds. The van der Waals surface area contributed by atoms with Gasteiger partial charge in [-0.2, -0.15) is 0 Å². The third-order valence-electron chi connectivity index (χ3n) is 1.80. The first-order chi connectivity index (χ1) is 4.33. The fraction of sp³-hybridized carbons (Fsp3) is 1.00. The first-order valence-electron chi connectivity index (χ1n) is 3.79. The van der Waals surface area contributed by atoms with Gasteiger partial charge >= 0.3 is 0 Å². The Morgan fingerprint density at radius 3 is 2.78 bits per heavy atom. The molecule has 0 spiro atoms. The van der Waals surface area contributed by atoms with Gasteiger partial charge in [-0.25, -0.2) is 0 Å². The van der Waals surface area contributed by atoms with Crippen LogP contribution < -0.4 is 10.6 Å². The molecule has 1 rings (SSSR count). The summed E-state index contributed by atoms with van der Waals surface area (Å²) in [6, 6.07) is 1.51. The van der Waals surface area contributed by atoms with Crippen LogP contribution >= 0.6 is 0 Å². The van der Waals surface area contributed by atoms with Crippen molar-refractivity contribution in [1.29, 1.82) is 0 Å². The zero-order chi connectivity index (χ0) is 6.69. The molecule has 0 bridgehead atoms. The molecule has 2 N–H and O–H groups in total. The third kappa shape index (κ3) is 1.95. The average Bonchev–Trinajstić information content (AvgIpc) is 1.78. The fourth-order valence-electron chi connectivity index (χ4n) is 1.27. The first kappa shape index (κ1) is 7.03. The minimum atomic E-state index is 0.750. The van der Waals surface area contributed by atoms with E-state index in [1.165, 1.54) is 6.42 Å². The molecule has 0 aromatic rings. The van der Waals surface area contributed by atoms with Gasteiger partial charge < -0.3 is 10.6 Å². The maximum atomic E-state index is 3.42. The molecule has 2 nitrogen and oxygen atoms in total. The number of likely N-dealkylation sites (N-methyl/N-ethyl adjacent to an activating group) is 1. The van der Waals surface area contributed by atoms with E-state index in [1.807, 2.05) is 0 Å². The van der Waals surface area contributed by atoms with Gasteiger partial charge in [-0.3, -0.25) is 0 Å². The van der Waals surface area contributed by atoms with Crippen LogP contribution in [0.3, 0.4) is 0 Å². The molecule has 0 aliphatic carbocycles. The SMILES string of the molecule is CCNCC1CC(C)N1. The van der Waals surface area contributed by atoms with E-state index in [9.17, 15) is 0 Å². The van der Waals surface area contributed by atoms with Crippen molar-refractivity contribution in [2.45, 2.75) is 32.4 Å². The summed E-state index contributed by atoms with van der Waals surface area (Å²) in [6.07, 6.45) is 1.34. The Balaban J connectivity index is 1.91. The molecule has 1 aliphatic rings. The van der Waals surface area contributed by atoms with Crippen LogP contribution in [-0.4, -0.2) is 25.2 Å². The van der Waals surface area contributed by atoms with Crippen molar-refractivity contribution in [3.63, 3.8) is 0 Å². The summed E-state index contributed by atoms with van der Waals surface area (Å²) < 4.78 is 0. The van der Waals surface area contributed by atoms with Gasteiger partial charge in [-0.15, -0.1) is 0 Å². The molecule has 2 unspecified atom stereocenters. The lowest BCUT2D eigenvalue weighted by Crippen LogP contribution is -2.55. The molecular weight excluding hydrogens is 112 g/mol. The molecule has 1 heterocycles. The third-order valence-corrected chi connectivity index (χ3v) is 1.80. The highest BCUT2D eigenvalue weighted by molar-refractivity contribution is 4.86. The molecule has 0 saturated carbocycles. The van der Waals surface area contributed by atoms with Gasteiger partial charge in [-0.05, 0) is 19.9 Å². The average molecular weight is 128 g/mol. The predicted octanol–water partition coefficient (Wildman–Crippen LogP) is 0.346. The van der Waals surface area contributed by atoms with Crippen molar-refractivity contribution >= 4 is 0 Å². The van der Waals surface area contributed by atoms with Crippen molar-refractivity contribution in [3.05, 3.63) is 0 Å². The monoisotopic (exact) mass is 128 g/mol. The fourth-order valence-corrected chi connectivity index (χ4v) is 1.27. The van der Waals surface area contributed by atoms with E-state index in [4.69, 9.17) is 0 Å². The molecule has 9 heavy (non-hydrogen) atoms. The maximum absolute atomic E-state index is 3.42. The number of nitrogens with one attached hydrogen (secondary N) is 2. The number of rotatable bonds is 3. The highest BCUT2D eigenvalue weighted by atomic mass is 15.1. The van der Waals surface area contributed by atoms with E-state index in [2.05, 4.69) is 24.5 Å². The topological polar surface area (TPSA) is 24.1 Å². The van der Waals surface area contributed by atoms with Crippen LogP contribution in [0.4, 0.5) is 0 Å². The Morgan fingerprint density at radius 2 is 2.33 bits per heavy atom. The molecular formula is C7H16N2. The molecule has 0 radical (unpaired) electrons. The standard InChI is InChI=1S/C7H16N2/c1-3-8-5-7-4-6(2)9-7/h6-9H,3-5H2,1-2H3. The number of hydrogen-bond donors (Lipinski definition) is 2. The molecule has 0 aromatic carbocycles. The minimum absolute atomic E-state index is 0.750. The summed E-state index contributed by atoms with van der Waals surface area (Å²) in [5.74, 6) is 0. The highest BCUT2D eigenvalue weighted by Crippen LogP contribution is 2.08. The summed E-state index contributed by atoms with van der Waals surface area (Å²) >= 11 is 0. The van der Waals surface area contributed by atoms with Crippen LogP contribution in [0.25, 0.3) is 0 Å². The lowest BCUT2D eigenvalue weighted by molar-refractivity contribution is 0.274. The Morgan fingerprint density at radius 1 is 1.67 bits per heavy atom. The van der Waals surface area contributed by atoms with Crippen molar-refractivity contribution < 1.29 is 0 Å². The first-order valence-corrected chi connectivity index (χ1v) is 3.79. The van der Waals surface area contributed by atoms with Gasteiger partial charge in [0.15, 0.2) is 0 Å². The van der Waals surface area contributed by atoms with Crippen LogP contribution in [0.2, 0.25) is 0 Å². The molecule has 54 valence electrons. The summed E-state index contributed by atoms with van der Waals surface area (Å²) in [5.41, 5.74) is 0. The summed E-state index contributed by atoms with van der Waals surface area (Å²) in [7, 11) is 0. The van der Waals surface area contributed by atoms with Gasteiger partial charge in [0.05, 0.1) is 0 Å². The van der Waals surface area contributed by atoms with E-state index < -0.39 is 0 Å². The van der Waals surface area contributed by atoms with E-state index in [-0.39, 0.29) is 0 Å². The predicted molar refractivity (Wildman–Crippen MR) is 39.5 cm³/mol. The van der Waals surface area contributed by atoms with Crippen molar-refractivity contribution in [3.8, 4) is 0 Å². The second-order valence-electron chi connectivity index (χ2n) is 2.81. The van der Waals surface area contributed by atoms with E-state index in [0.717, 1.165) is 25.2 Å². The minimum Gasteiger partial charge on any atom is -0.315 e. The van der Waals surface area contributed by atoms with Crippen LogP contribution in [0.1, 0.15) is 20.3 Å². The van der Waals surface area contributed by atoms with Crippen molar-refractivity contribution in [2.24, 2.45) is 0 Å². The largest absolute Gasteiger partial charge is 0.315 e. The second kappa shape index (κ2) is 3.18. The van der Waals surface area contributed by atoms with E-state index in [0.29, 0.717) is 0 Å². The van der Waals surface area contributed by atoms with Gasteiger partial charge in [0.2, 0.25) is 0 Å². The highest BCUT2D eigenvalue weighted by Gasteiger charge is 2.22. The zero-order valence-corrected chi connectivity index (χ0v) is 6.28. The van der Waals surface area contributed by atoms with Gasteiger partial charge in [0, 0.05) is 18.6 Å². The van der Waals surface area contributed by atoms with E-state index in [1.54, 1.807) is 0 Å². The second-order valence-corrected chi connectivity index (χ2v) is 2.81. The van der Waals surface area contributed by atoms with Crippen LogP contribution in [0.15, 0.2) is 0 Å². The molecule has 1 saturated heterocycles. The van der Waals surface area contributed by atoms with E-state index >= 15 is 0 Å². The maximum Gasteiger partial charge on any atom is 0.0209 e. The van der Waals surface area contributed by atoms with Crippen LogP contribution in [-0.2, 0) is 0 Å². The lowest BCUT2D eigenvalue weighted by Gasteiger charge is -2.34. The van der Waals surface area contributed by atoms with Crippen molar-refractivity contribution in [2.75, 3.05) is 13.1 Å². The zero-order valence-electron chi connectivity index (χ0n) is 6.28. The van der Waals surface area contributed by atoms with Crippen LogP contribution in [0.5, 0.6) is 0 Å². The molecule has 2 atom stereocenters. The Hall–Kier alpha value is -0.0800. The summed E-state index contributed by atoms with van der Waals surface area (Å²) in [4.78, 5) is 0. The van der Waals surface area contributed by atoms with Gasteiger partial charge in [-0.1, -0.05) is 6.92 Å². The molecule has 2 heteroatoms. The quantitative estimate of drug-likeness (QED) is 0.573. The molecule has 0 aromatic heterocycles. The normalized spacial score (nSPS) is 34.0. The Kier molecular flexibility index (Phi) is 2.49. The van der Waals surface area contributed by atoms with Gasteiger partial charge in [0.25, 0.3) is 0 Å². The lowest BCUT2D eigenvalue weighted by atomic mass is 9.99. The van der Waals surface area contributed by atoms with Crippen LogP contribution in [0, 0.1) is 0 Å². The number of hydrogen-bond acceptors (Lipinski definition) is 2. The molecule has 1 aliphatic heterocycles. The Labute approximate surface area is 57.0 Å². The van der Waals surface area contributed by atoms with Crippen molar-refractivity contribution in [1.82, 2.24) is 10.6 Å². The molecule has 1 fully saturated rings. The summed E-state index contributed by atoms with van der Waals surface area (Å²) in [6.45, 7) is 6.60.